The molecule has 104 valence electrons. The first-order valence-corrected chi connectivity index (χ1v) is 6.90. The first-order valence-electron chi connectivity index (χ1n) is 6.90. The summed E-state index contributed by atoms with van der Waals surface area (Å²) in [5.74, 6) is 1.27. The number of nitrogens with one attached hydrogen (secondary N) is 1. The number of nitrogens with zero attached hydrogens (tertiary/aromatic N) is 2. The summed E-state index contributed by atoms with van der Waals surface area (Å²) in [4.78, 5) is 16.0. The van der Waals surface area contributed by atoms with E-state index in [0.717, 1.165) is 30.4 Å². The molecule has 5 nitrogen and oxygen atoms in total. The second-order valence-corrected chi connectivity index (χ2v) is 5.23. The molecule has 0 radical (unpaired) electrons. The van der Waals surface area contributed by atoms with E-state index >= 15 is 0 Å². The van der Waals surface area contributed by atoms with Crippen LogP contribution >= 0.6 is 0 Å². The Morgan fingerprint density at radius 1 is 1.45 bits per heavy atom. The third-order valence-electron chi connectivity index (χ3n) is 3.63. The largest absolute Gasteiger partial charge is 0.348 e. The van der Waals surface area contributed by atoms with Crippen LogP contribution < -0.4 is 5.32 Å². The van der Waals surface area contributed by atoms with Crippen LogP contribution in [0.1, 0.15) is 30.7 Å². The van der Waals surface area contributed by atoms with Crippen molar-refractivity contribution < 1.29 is 9.32 Å². The highest BCUT2D eigenvalue weighted by atomic mass is 16.5. The number of aromatic nitrogens is 2. The van der Waals surface area contributed by atoms with E-state index in [9.17, 15) is 4.79 Å². The molecule has 1 amide bonds. The summed E-state index contributed by atoms with van der Waals surface area (Å²) in [6.45, 7) is 2.34. The van der Waals surface area contributed by atoms with Crippen LogP contribution in [-0.4, -0.2) is 16.0 Å². The smallest absolute Gasteiger partial charge is 0.257 e. The quantitative estimate of drug-likeness (QED) is 0.927. The van der Waals surface area contributed by atoms with Crippen LogP contribution in [-0.2, 0) is 11.3 Å². The number of carbonyl (C=O) groups excluding carboxylic acids is 1. The first kappa shape index (κ1) is 12.8. The number of carbonyl (C=O) groups is 1. The molecule has 1 aromatic heterocycles. The average Bonchev–Trinajstić information content (AvgIpc) is 2.83. The molecular weight excluding hydrogens is 254 g/mol. The Morgan fingerprint density at radius 2 is 2.30 bits per heavy atom. The minimum atomic E-state index is 0.0955. The molecule has 0 unspecified atom stereocenters. The summed E-state index contributed by atoms with van der Waals surface area (Å²) in [6.07, 6.45) is 3.14. The van der Waals surface area contributed by atoms with Gasteiger partial charge in [-0.25, -0.2) is 0 Å². The Labute approximate surface area is 117 Å². The van der Waals surface area contributed by atoms with Crippen molar-refractivity contribution in [1.82, 2.24) is 15.5 Å². The third kappa shape index (κ3) is 2.71. The van der Waals surface area contributed by atoms with Gasteiger partial charge in [-0.1, -0.05) is 29.3 Å². The second kappa shape index (κ2) is 5.45. The van der Waals surface area contributed by atoms with E-state index in [4.69, 9.17) is 4.52 Å². The van der Waals surface area contributed by atoms with Crippen molar-refractivity contribution in [3.63, 3.8) is 0 Å². The van der Waals surface area contributed by atoms with Gasteiger partial charge in [0.2, 0.25) is 5.91 Å². The lowest BCUT2D eigenvalue weighted by Crippen LogP contribution is -2.34. The van der Waals surface area contributed by atoms with Gasteiger partial charge in [0.1, 0.15) is 0 Å². The van der Waals surface area contributed by atoms with Gasteiger partial charge in [-0.3, -0.25) is 4.79 Å². The minimum Gasteiger partial charge on any atom is -0.348 e. The van der Waals surface area contributed by atoms with E-state index in [1.165, 1.54) is 0 Å². The first-order chi connectivity index (χ1) is 9.72. The summed E-state index contributed by atoms with van der Waals surface area (Å²) in [5.41, 5.74) is 2.04. The van der Waals surface area contributed by atoms with Crippen LogP contribution in [0, 0.1) is 12.8 Å². The maximum Gasteiger partial charge on any atom is 0.257 e. The molecule has 20 heavy (non-hydrogen) atoms. The molecular formula is C15H17N3O2. The summed E-state index contributed by atoms with van der Waals surface area (Å²) in [7, 11) is 0. The standard InChI is InChI=1S/C15H17N3O2/c1-10-4-2-7-12(8-10)15-17-13(18-20-15)9-16-14(19)11-5-3-6-11/h2,4,7-8,11H,3,5-6,9H2,1H3,(H,16,19). The summed E-state index contributed by atoms with van der Waals surface area (Å²) in [6, 6.07) is 7.88. The molecule has 5 heteroatoms. The summed E-state index contributed by atoms with van der Waals surface area (Å²) < 4.78 is 5.23. The van der Waals surface area contributed by atoms with Gasteiger partial charge in [0.05, 0.1) is 6.54 Å². The predicted octanol–water partition coefficient (Wildman–Crippen LogP) is 2.46. The fourth-order valence-electron chi connectivity index (χ4n) is 2.20. The Bertz CT molecular complexity index is 617. The van der Waals surface area contributed by atoms with Crippen LogP contribution in [0.15, 0.2) is 28.8 Å². The van der Waals surface area contributed by atoms with Crippen molar-refractivity contribution in [2.24, 2.45) is 5.92 Å². The van der Waals surface area contributed by atoms with Gasteiger partial charge in [0.15, 0.2) is 5.82 Å². The molecule has 0 saturated heterocycles. The Balaban J connectivity index is 1.63. The molecule has 1 fully saturated rings. The second-order valence-electron chi connectivity index (χ2n) is 5.23. The van der Waals surface area contributed by atoms with Gasteiger partial charge in [-0.15, -0.1) is 0 Å². The van der Waals surface area contributed by atoms with Crippen LogP contribution in [0.2, 0.25) is 0 Å². The lowest BCUT2D eigenvalue weighted by molar-refractivity contribution is -0.127. The van der Waals surface area contributed by atoms with Crippen molar-refractivity contribution in [2.45, 2.75) is 32.7 Å². The van der Waals surface area contributed by atoms with Crippen molar-refractivity contribution in [3.05, 3.63) is 35.7 Å². The molecule has 3 rings (SSSR count). The van der Waals surface area contributed by atoms with Gasteiger partial charge < -0.3 is 9.84 Å². The van der Waals surface area contributed by atoms with Crippen molar-refractivity contribution >= 4 is 5.91 Å². The fourth-order valence-corrected chi connectivity index (χ4v) is 2.20. The van der Waals surface area contributed by atoms with Gasteiger partial charge in [0, 0.05) is 11.5 Å². The zero-order valence-electron chi connectivity index (χ0n) is 11.4. The SMILES string of the molecule is Cc1cccc(-c2nc(CNC(=O)C3CCC3)no2)c1. The Morgan fingerprint density at radius 3 is 3.00 bits per heavy atom. The third-order valence-corrected chi connectivity index (χ3v) is 3.63. The molecule has 1 aliphatic rings. The van der Waals surface area contributed by atoms with Gasteiger partial charge in [0.25, 0.3) is 5.89 Å². The Kier molecular flexibility index (Phi) is 3.50. The highest BCUT2D eigenvalue weighted by Crippen LogP contribution is 2.26. The number of benzene rings is 1. The average molecular weight is 271 g/mol. The van der Waals surface area contributed by atoms with Crippen LogP contribution in [0.25, 0.3) is 11.5 Å². The minimum absolute atomic E-state index is 0.0955. The summed E-state index contributed by atoms with van der Waals surface area (Å²) >= 11 is 0. The van der Waals surface area contributed by atoms with E-state index in [0.29, 0.717) is 18.3 Å². The zero-order valence-corrected chi connectivity index (χ0v) is 11.4. The molecule has 1 N–H and O–H groups in total. The fraction of sp³-hybridized carbons (Fsp3) is 0.400. The van der Waals surface area contributed by atoms with Gasteiger partial charge >= 0.3 is 0 Å². The molecule has 1 aliphatic carbocycles. The molecule has 1 aromatic carbocycles. The molecule has 1 saturated carbocycles. The molecule has 0 atom stereocenters. The molecule has 2 aromatic rings. The molecule has 0 aliphatic heterocycles. The maximum atomic E-state index is 11.7. The van der Waals surface area contributed by atoms with Crippen molar-refractivity contribution in [1.29, 1.82) is 0 Å². The van der Waals surface area contributed by atoms with Crippen LogP contribution in [0.4, 0.5) is 0 Å². The maximum absolute atomic E-state index is 11.7. The molecule has 1 heterocycles. The van der Waals surface area contributed by atoms with E-state index in [-0.39, 0.29) is 11.8 Å². The normalized spacial score (nSPS) is 14.8. The summed E-state index contributed by atoms with van der Waals surface area (Å²) in [5, 5.41) is 6.75. The van der Waals surface area contributed by atoms with Gasteiger partial charge in [-0.2, -0.15) is 4.98 Å². The lowest BCUT2D eigenvalue weighted by Gasteiger charge is -2.23. The monoisotopic (exact) mass is 271 g/mol. The van der Waals surface area contributed by atoms with Crippen molar-refractivity contribution in [3.8, 4) is 11.5 Å². The topological polar surface area (TPSA) is 68.0 Å². The van der Waals surface area contributed by atoms with Crippen molar-refractivity contribution in [2.75, 3.05) is 0 Å². The van der Waals surface area contributed by atoms with E-state index in [2.05, 4.69) is 15.5 Å². The Hall–Kier alpha value is -2.17. The lowest BCUT2D eigenvalue weighted by atomic mass is 9.85. The zero-order chi connectivity index (χ0) is 13.9. The van der Waals surface area contributed by atoms with Gasteiger partial charge in [-0.05, 0) is 31.9 Å². The number of hydrogen-bond acceptors (Lipinski definition) is 4. The van der Waals surface area contributed by atoms with E-state index in [1.54, 1.807) is 0 Å². The number of amides is 1. The number of aryl methyl sites for hydroxylation is 1. The molecule has 0 bridgehead atoms. The predicted molar refractivity (Wildman–Crippen MR) is 73.7 cm³/mol. The van der Waals surface area contributed by atoms with E-state index in [1.807, 2.05) is 31.2 Å². The highest BCUT2D eigenvalue weighted by molar-refractivity contribution is 5.79. The molecule has 0 spiro atoms. The number of hydrogen-bond donors (Lipinski definition) is 1. The number of rotatable bonds is 4. The highest BCUT2D eigenvalue weighted by Gasteiger charge is 2.25. The van der Waals surface area contributed by atoms with Crippen LogP contribution in [0.5, 0.6) is 0 Å². The van der Waals surface area contributed by atoms with Crippen LogP contribution in [0.3, 0.4) is 0 Å². The van der Waals surface area contributed by atoms with E-state index < -0.39 is 0 Å².